The molecule has 0 fully saturated rings. The van der Waals surface area contributed by atoms with Crippen LogP contribution in [-0.4, -0.2) is 16.2 Å². The summed E-state index contributed by atoms with van der Waals surface area (Å²) in [5.74, 6) is -0.408. The maximum absolute atomic E-state index is 11.0. The Labute approximate surface area is 188 Å². The summed E-state index contributed by atoms with van der Waals surface area (Å²) in [6, 6.07) is 11.9. The second kappa shape index (κ2) is 11.1. The fourth-order valence-electron chi connectivity index (χ4n) is 4.27. The topological polar surface area (TPSA) is 57.5 Å². The van der Waals surface area contributed by atoms with E-state index < -0.39 is 12.1 Å². The van der Waals surface area contributed by atoms with E-state index in [-0.39, 0.29) is 0 Å². The lowest BCUT2D eigenvalue weighted by Gasteiger charge is -2.17. The number of unbranched alkanes of at least 4 members (excludes halogenated alkanes) is 2. The molecule has 2 N–H and O–H groups in total. The van der Waals surface area contributed by atoms with Crippen molar-refractivity contribution in [1.82, 2.24) is 0 Å². The minimum Gasteiger partial charge on any atom is -0.477 e. The van der Waals surface area contributed by atoms with Gasteiger partial charge in [0.1, 0.15) is 4.88 Å². The fraction of sp³-hybridized carbons (Fsp3) is 0.480. The van der Waals surface area contributed by atoms with E-state index >= 15 is 0 Å². The monoisotopic (exact) mass is 446 g/mol. The number of rotatable bonds is 11. The smallest absolute Gasteiger partial charge is 0.345 e. The van der Waals surface area contributed by atoms with Gasteiger partial charge in [-0.1, -0.05) is 62.1 Å². The lowest BCUT2D eigenvalue weighted by molar-refractivity contribution is 0.0702. The van der Waals surface area contributed by atoms with E-state index in [0.717, 1.165) is 78.8 Å². The number of thiophene rings is 1. The highest BCUT2D eigenvalue weighted by molar-refractivity contribution is 7.13. The highest BCUT2D eigenvalue weighted by Gasteiger charge is 2.25. The Balaban J connectivity index is 1.58. The molecular formula is C25H31ClO3S. The Kier molecular flexibility index (Phi) is 8.55. The number of benzene rings is 1. The average Bonchev–Trinajstić information content (AvgIpc) is 3.35. The zero-order valence-corrected chi connectivity index (χ0v) is 19.1. The highest BCUT2D eigenvalue weighted by Crippen LogP contribution is 2.43. The fourth-order valence-corrected chi connectivity index (χ4v) is 5.53. The van der Waals surface area contributed by atoms with Crippen LogP contribution in [0.1, 0.15) is 90.1 Å². The summed E-state index contributed by atoms with van der Waals surface area (Å²) in [7, 11) is 0. The molecule has 3 rings (SSSR count). The molecule has 162 valence electrons. The molecule has 1 aliphatic rings. The van der Waals surface area contributed by atoms with Crippen LogP contribution in [0.5, 0.6) is 0 Å². The van der Waals surface area contributed by atoms with Crippen LogP contribution in [0, 0.1) is 5.92 Å². The quantitative estimate of drug-likeness (QED) is 0.352. The third-order valence-electron chi connectivity index (χ3n) is 5.95. The van der Waals surface area contributed by atoms with Gasteiger partial charge < -0.3 is 10.2 Å². The second-order valence-electron chi connectivity index (χ2n) is 8.15. The number of carboxylic acid groups (broad SMARTS) is 1. The van der Waals surface area contributed by atoms with Crippen molar-refractivity contribution in [2.24, 2.45) is 5.92 Å². The molecule has 1 aliphatic carbocycles. The molecule has 1 heterocycles. The van der Waals surface area contributed by atoms with Crippen LogP contribution in [0.25, 0.3) is 5.57 Å². The van der Waals surface area contributed by atoms with E-state index in [1.165, 1.54) is 16.9 Å². The maximum atomic E-state index is 11.0. The van der Waals surface area contributed by atoms with Crippen LogP contribution in [0.4, 0.5) is 0 Å². The molecule has 1 aromatic carbocycles. The molecule has 0 saturated heterocycles. The lowest BCUT2D eigenvalue weighted by Crippen LogP contribution is -2.02. The van der Waals surface area contributed by atoms with E-state index in [0.29, 0.717) is 10.8 Å². The number of halogens is 1. The molecule has 0 amide bonds. The molecule has 2 aromatic rings. The van der Waals surface area contributed by atoms with Crippen LogP contribution in [0.2, 0.25) is 0 Å². The van der Waals surface area contributed by atoms with Gasteiger partial charge in [-0.3, -0.25) is 0 Å². The van der Waals surface area contributed by atoms with Crippen molar-refractivity contribution >= 4 is 34.5 Å². The molecule has 0 radical (unpaired) electrons. The number of aryl methyl sites for hydroxylation is 1. The predicted molar refractivity (Wildman–Crippen MR) is 125 cm³/mol. The number of carbonyl (C=O) groups is 1. The summed E-state index contributed by atoms with van der Waals surface area (Å²) in [6.07, 6.45) is 8.75. The van der Waals surface area contributed by atoms with Crippen molar-refractivity contribution in [3.63, 3.8) is 0 Å². The Morgan fingerprint density at radius 2 is 1.93 bits per heavy atom. The van der Waals surface area contributed by atoms with Gasteiger partial charge in [0.2, 0.25) is 0 Å². The van der Waals surface area contributed by atoms with E-state index in [1.54, 1.807) is 6.07 Å². The molecule has 5 heteroatoms. The number of hydrogen-bond acceptors (Lipinski definition) is 3. The first kappa shape index (κ1) is 23.1. The van der Waals surface area contributed by atoms with Gasteiger partial charge >= 0.3 is 5.97 Å². The van der Waals surface area contributed by atoms with E-state index in [1.807, 2.05) is 18.2 Å². The van der Waals surface area contributed by atoms with Crippen LogP contribution >= 0.6 is 22.9 Å². The zero-order valence-electron chi connectivity index (χ0n) is 17.6. The summed E-state index contributed by atoms with van der Waals surface area (Å²) >= 11 is 7.97. The van der Waals surface area contributed by atoms with Gasteiger partial charge in [-0.05, 0) is 73.3 Å². The molecule has 3 nitrogen and oxygen atoms in total. The maximum Gasteiger partial charge on any atom is 0.345 e. The minimum atomic E-state index is -0.849. The summed E-state index contributed by atoms with van der Waals surface area (Å²) < 4.78 is 0. The van der Waals surface area contributed by atoms with Crippen molar-refractivity contribution in [1.29, 1.82) is 0 Å². The molecule has 1 aromatic heterocycles. The van der Waals surface area contributed by atoms with E-state index in [2.05, 4.69) is 19.1 Å². The third-order valence-corrected chi connectivity index (χ3v) is 7.47. The second-order valence-corrected chi connectivity index (χ2v) is 9.78. The molecule has 0 aliphatic heterocycles. The molecule has 0 saturated carbocycles. The van der Waals surface area contributed by atoms with Crippen molar-refractivity contribution < 1.29 is 15.0 Å². The first-order valence-electron chi connectivity index (χ1n) is 11.0. The third kappa shape index (κ3) is 5.96. The Morgan fingerprint density at radius 3 is 2.60 bits per heavy atom. The molecule has 0 spiro atoms. The molecule has 30 heavy (non-hydrogen) atoms. The molecular weight excluding hydrogens is 416 g/mol. The molecule has 2 atom stereocenters. The van der Waals surface area contributed by atoms with Gasteiger partial charge in [0.15, 0.2) is 0 Å². The van der Waals surface area contributed by atoms with Gasteiger partial charge in [-0.2, -0.15) is 0 Å². The van der Waals surface area contributed by atoms with Crippen molar-refractivity contribution in [3.8, 4) is 0 Å². The average molecular weight is 447 g/mol. The predicted octanol–water partition coefficient (Wildman–Crippen LogP) is 7.44. The summed E-state index contributed by atoms with van der Waals surface area (Å²) in [5, 5.41) is 20.4. The SMILES string of the molecule is CCCCCC(O)c1ccc(C2=C(Cl)CC[C@@H]2CCCc2ccc(C(=O)O)s2)cc1. The number of aliphatic hydroxyl groups is 1. The lowest BCUT2D eigenvalue weighted by atomic mass is 9.89. The summed E-state index contributed by atoms with van der Waals surface area (Å²) in [4.78, 5) is 12.6. The van der Waals surface area contributed by atoms with Crippen molar-refractivity contribution in [2.75, 3.05) is 0 Å². The first-order chi connectivity index (χ1) is 14.5. The van der Waals surface area contributed by atoms with Gasteiger partial charge in [0, 0.05) is 9.91 Å². The highest BCUT2D eigenvalue weighted by atomic mass is 35.5. The van der Waals surface area contributed by atoms with E-state index in [4.69, 9.17) is 16.7 Å². The van der Waals surface area contributed by atoms with Crippen LogP contribution in [0.3, 0.4) is 0 Å². The zero-order chi connectivity index (χ0) is 21.5. The summed E-state index contributed by atoms with van der Waals surface area (Å²) in [6.45, 7) is 2.17. The largest absolute Gasteiger partial charge is 0.477 e. The van der Waals surface area contributed by atoms with Gasteiger partial charge in [-0.25, -0.2) is 4.79 Å². The Bertz CT molecular complexity index is 869. The van der Waals surface area contributed by atoms with Crippen molar-refractivity contribution in [2.45, 2.75) is 70.8 Å². The first-order valence-corrected chi connectivity index (χ1v) is 12.2. The Hall–Kier alpha value is -1.62. The number of hydrogen-bond donors (Lipinski definition) is 2. The minimum absolute atomic E-state index is 0.393. The normalized spacial score (nSPS) is 17.5. The number of aliphatic hydroxyl groups excluding tert-OH is 1. The number of allylic oxidation sites excluding steroid dienone is 2. The molecule has 0 bridgehead atoms. The van der Waals surface area contributed by atoms with Crippen LogP contribution in [0.15, 0.2) is 41.4 Å². The van der Waals surface area contributed by atoms with Gasteiger partial charge in [-0.15, -0.1) is 11.3 Å². The van der Waals surface area contributed by atoms with Crippen molar-refractivity contribution in [3.05, 3.63) is 62.3 Å². The number of carboxylic acids is 1. The Morgan fingerprint density at radius 1 is 1.17 bits per heavy atom. The molecule has 1 unspecified atom stereocenters. The number of aromatic carboxylic acids is 1. The van der Waals surface area contributed by atoms with E-state index in [9.17, 15) is 9.90 Å². The summed E-state index contributed by atoms with van der Waals surface area (Å²) in [5.41, 5.74) is 3.39. The van der Waals surface area contributed by atoms with Crippen LogP contribution in [-0.2, 0) is 6.42 Å². The van der Waals surface area contributed by atoms with Gasteiger partial charge in [0.05, 0.1) is 6.10 Å². The standard InChI is InChI=1S/C25H31ClO3S/c1-2-3-4-8-22(27)17-9-11-19(12-10-17)24-18(13-15-21(24)26)6-5-7-20-14-16-23(30-20)25(28)29/h9-12,14,16,18,22,27H,2-8,13,15H2,1H3,(H,28,29)/t18-,22?/m0/s1. The van der Waals surface area contributed by atoms with Gasteiger partial charge in [0.25, 0.3) is 0 Å². The van der Waals surface area contributed by atoms with Crippen LogP contribution < -0.4 is 0 Å².